The molecule has 1 aliphatic rings. The zero-order valence-electron chi connectivity index (χ0n) is 11.4. The average Bonchev–Trinajstić information content (AvgIpc) is 2.31. The molecule has 1 fully saturated rings. The molecule has 2 nitrogen and oxygen atoms in total. The van der Waals surface area contributed by atoms with E-state index in [1.807, 2.05) is 24.3 Å². The van der Waals surface area contributed by atoms with Crippen LogP contribution in [-0.2, 0) is 6.42 Å². The van der Waals surface area contributed by atoms with Crippen molar-refractivity contribution in [2.75, 3.05) is 6.61 Å². The van der Waals surface area contributed by atoms with Gasteiger partial charge >= 0.3 is 0 Å². The van der Waals surface area contributed by atoms with Gasteiger partial charge in [0.05, 0.1) is 6.10 Å². The van der Waals surface area contributed by atoms with Crippen molar-refractivity contribution in [3.05, 3.63) is 29.8 Å². The van der Waals surface area contributed by atoms with Crippen LogP contribution >= 0.6 is 0 Å². The van der Waals surface area contributed by atoms with Crippen LogP contribution in [0.5, 0.6) is 5.75 Å². The van der Waals surface area contributed by atoms with E-state index < -0.39 is 0 Å². The highest BCUT2D eigenvalue weighted by Crippen LogP contribution is 2.31. The van der Waals surface area contributed by atoms with E-state index >= 15 is 0 Å². The highest BCUT2D eigenvalue weighted by molar-refractivity contribution is 5.27. The van der Waals surface area contributed by atoms with E-state index in [1.54, 1.807) is 0 Å². The Balaban J connectivity index is 1.92. The molecule has 2 rings (SSSR count). The van der Waals surface area contributed by atoms with Gasteiger partial charge in [-0.25, -0.2) is 0 Å². The zero-order valence-corrected chi connectivity index (χ0v) is 11.4. The highest BCUT2D eigenvalue weighted by Gasteiger charge is 2.25. The lowest BCUT2D eigenvalue weighted by molar-refractivity contribution is 0.101. The summed E-state index contributed by atoms with van der Waals surface area (Å²) >= 11 is 0. The first-order valence-electron chi connectivity index (χ1n) is 7.04. The zero-order chi connectivity index (χ0) is 13.0. The van der Waals surface area contributed by atoms with Crippen LogP contribution in [0.15, 0.2) is 24.3 Å². The molecule has 0 aromatic heterocycles. The summed E-state index contributed by atoms with van der Waals surface area (Å²) in [5.74, 6) is 2.50. The second-order valence-electron chi connectivity index (χ2n) is 5.77. The number of rotatable bonds is 4. The van der Waals surface area contributed by atoms with E-state index in [1.165, 1.54) is 19.3 Å². The second kappa shape index (κ2) is 6.24. The molecule has 1 N–H and O–H groups in total. The van der Waals surface area contributed by atoms with Gasteiger partial charge in [0.1, 0.15) is 5.75 Å². The van der Waals surface area contributed by atoms with Crippen LogP contribution in [-0.4, -0.2) is 17.8 Å². The van der Waals surface area contributed by atoms with E-state index in [0.717, 1.165) is 29.6 Å². The molecule has 1 saturated carbocycles. The second-order valence-corrected chi connectivity index (χ2v) is 5.77. The lowest BCUT2D eigenvalue weighted by Crippen LogP contribution is -2.28. The quantitative estimate of drug-likeness (QED) is 0.884. The first kappa shape index (κ1) is 13.4. The van der Waals surface area contributed by atoms with Crippen molar-refractivity contribution in [2.45, 2.75) is 45.6 Å². The molecule has 1 aromatic rings. The van der Waals surface area contributed by atoms with Crippen LogP contribution in [0.1, 0.15) is 38.7 Å². The summed E-state index contributed by atoms with van der Waals surface area (Å²) in [5.41, 5.74) is 1.16. The third-order valence-electron chi connectivity index (χ3n) is 3.76. The number of ether oxygens (including phenoxy) is 1. The van der Waals surface area contributed by atoms with E-state index in [0.29, 0.717) is 6.10 Å². The maximum absolute atomic E-state index is 8.88. The van der Waals surface area contributed by atoms with Crippen LogP contribution in [0.25, 0.3) is 0 Å². The monoisotopic (exact) mass is 248 g/mol. The first-order valence-corrected chi connectivity index (χ1v) is 7.04. The topological polar surface area (TPSA) is 29.5 Å². The Bertz CT molecular complexity index is 348. The first-order chi connectivity index (χ1) is 8.67. The van der Waals surface area contributed by atoms with Crippen molar-refractivity contribution in [3.63, 3.8) is 0 Å². The molecular weight excluding hydrogens is 224 g/mol. The highest BCUT2D eigenvalue weighted by atomic mass is 16.5. The normalized spacial score (nSPS) is 28.1. The summed E-state index contributed by atoms with van der Waals surface area (Å²) in [6.07, 6.45) is 4.76. The van der Waals surface area contributed by atoms with Crippen LogP contribution in [0.3, 0.4) is 0 Å². The molecular formula is C16H24O2. The van der Waals surface area contributed by atoms with E-state index in [9.17, 15) is 0 Å². The summed E-state index contributed by atoms with van der Waals surface area (Å²) < 4.78 is 6.07. The molecule has 18 heavy (non-hydrogen) atoms. The lowest BCUT2D eigenvalue weighted by Gasteiger charge is -2.31. The minimum atomic E-state index is 0.206. The molecule has 2 unspecified atom stereocenters. The largest absolute Gasteiger partial charge is 0.490 e. The SMILES string of the molecule is CC1CC(C)CC(Oc2ccc(CCO)cc2)C1. The molecule has 0 heterocycles. The fraction of sp³-hybridized carbons (Fsp3) is 0.625. The smallest absolute Gasteiger partial charge is 0.119 e. The standard InChI is InChI=1S/C16H24O2/c1-12-9-13(2)11-16(10-12)18-15-5-3-14(4-6-15)7-8-17/h3-6,12-13,16-17H,7-11H2,1-2H3. The van der Waals surface area contributed by atoms with Gasteiger partial charge in [-0.1, -0.05) is 26.0 Å². The van der Waals surface area contributed by atoms with Crippen LogP contribution in [0, 0.1) is 11.8 Å². The minimum absolute atomic E-state index is 0.206. The molecule has 1 aliphatic carbocycles. The van der Waals surface area contributed by atoms with Gasteiger partial charge in [-0.15, -0.1) is 0 Å². The summed E-state index contributed by atoms with van der Waals surface area (Å²) in [5, 5.41) is 8.88. The maximum Gasteiger partial charge on any atom is 0.119 e. The average molecular weight is 248 g/mol. The van der Waals surface area contributed by atoms with E-state index in [2.05, 4.69) is 13.8 Å². The molecule has 0 aliphatic heterocycles. The number of hydrogen-bond donors (Lipinski definition) is 1. The Hall–Kier alpha value is -1.02. The van der Waals surface area contributed by atoms with Crippen molar-refractivity contribution in [1.82, 2.24) is 0 Å². The summed E-state index contributed by atoms with van der Waals surface area (Å²) in [6, 6.07) is 8.13. The summed E-state index contributed by atoms with van der Waals surface area (Å²) in [6.45, 7) is 4.84. The molecule has 0 bridgehead atoms. The van der Waals surface area contributed by atoms with Crippen molar-refractivity contribution in [2.24, 2.45) is 11.8 Å². The van der Waals surface area contributed by atoms with E-state index in [-0.39, 0.29) is 6.61 Å². The molecule has 2 atom stereocenters. The van der Waals surface area contributed by atoms with Crippen molar-refractivity contribution >= 4 is 0 Å². The van der Waals surface area contributed by atoms with Gasteiger partial charge in [-0.2, -0.15) is 0 Å². The Morgan fingerprint density at radius 3 is 2.22 bits per heavy atom. The molecule has 0 radical (unpaired) electrons. The summed E-state index contributed by atoms with van der Waals surface area (Å²) in [4.78, 5) is 0. The van der Waals surface area contributed by atoms with Gasteiger partial charge in [0.25, 0.3) is 0 Å². The number of hydrogen-bond acceptors (Lipinski definition) is 2. The van der Waals surface area contributed by atoms with Crippen molar-refractivity contribution < 1.29 is 9.84 Å². The number of aliphatic hydroxyl groups is 1. The van der Waals surface area contributed by atoms with Gasteiger partial charge < -0.3 is 9.84 Å². The Morgan fingerprint density at radius 1 is 1.06 bits per heavy atom. The molecule has 0 amide bonds. The predicted molar refractivity (Wildman–Crippen MR) is 73.8 cm³/mol. The fourth-order valence-corrected chi connectivity index (χ4v) is 3.03. The fourth-order valence-electron chi connectivity index (χ4n) is 3.03. The van der Waals surface area contributed by atoms with Crippen molar-refractivity contribution in [3.8, 4) is 5.75 Å². The number of aliphatic hydroxyl groups excluding tert-OH is 1. The van der Waals surface area contributed by atoms with Gasteiger partial charge in [0.2, 0.25) is 0 Å². The molecule has 100 valence electrons. The molecule has 0 spiro atoms. The predicted octanol–water partition coefficient (Wildman–Crippen LogP) is 3.42. The van der Waals surface area contributed by atoms with Crippen LogP contribution in [0.2, 0.25) is 0 Å². The van der Waals surface area contributed by atoms with Crippen LogP contribution in [0.4, 0.5) is 0 Å². The van der Waals surface area contributed by atoms with Crippen molar-refractivity contribution in [1.29, 1.82) is 0 Å². The van der Waals surface area contributed by atoms with Gasteiger partial charge in [0, 0.05) is 6.61 Å². The Labute approximate surface area is 110 Å². The van der Waals surface area contributed by atoms with Crippen LogP contribution < -0.4 is 4.74 Å². The summed E-state index contributed by atoms with van der Waals surface area (Å²) in [7, 11) is 0. The maximum atomic E-state index is 8.88. The third kappa shape index (κ3) is 3.74. The Morgan fingerprint density at radius 2 is 1.67 bits per heavy atom. The number of benzene rings is 1. The molecule has 0 saturated heterocycles. The van der Waals surface area contributed by atoms with Gasteiger partial charge in [-0.05, 0) is 55.2 Å². The lowest BCUT2D eigenvalue weighted by atomic mass is 9.82. The van der Waals surface area contributed by atoms with Gasteiger partial charge in [-0.3, -0.25) is 0 Å². The Kier molecular flexibility index (Phi) is 4.65. The van der Waals surface area contributed by atoms with E-state index in [4.69, 9.17) is 9.84 Å². The minimum Gasteiger partial charge on any atom is -0.490 e. The molecule has 2 heteroatoms. The third-order valence-corrected chi connectivity index (χ3v) is 3.76. The molecule has 1 aromatic carbocycles. The van der Waals surface area contributed by atoms with Gasteiger partial charge in [0.15, 0.2) is 0 Å².